The molecule has 0 aromatic rings. The Balaban J connectivity index is 2.53. The van der Waals surface area contributed by atoms with Crippen molar-refractivity contribution in [2.24, 2.45) is 17.4 Å². The predicted octanol–water partition coefficient (Wildman–Crippen LogP) is -0.978. The number of carbonyl (C=O) groups excluding carboxylic acids is 3. The zero-order chi connectivity index (χ0) is 12.1. The van der Waals surface area contributed by atoms with Gasteiger partial charge in [0, 0.05) is 5.92 Å². The highest BCUT2D eigenvalue weighted by molar-refractivity contribution is 6.05. The topological polar surface area (TPSA) is 115 Å². The summed E-state index contributed by atoms with van der Waals surface area (Å²) in [6, 6.07) is -1.39. The van der Waals surface area contributed by atoms with E-state index in [1.165, 1.54) is 0 Å². The van der Waals surface area contributed by atoms with E-state index in [4.69, 9.17) is 11.5 Å². The van der Waals surface area contributed by atoms with Gasteiger partial charge < -0.3 is 16.8 Å². The van der Waals surface area contributed by atoms with Gasteiger partial charge in [-0.3, -0.25) is 14.4 Å². The van der Waals surface area contributed by atoms with Crippen LogP contribution in [-0.2, 0) is 14.4 Å². The van der Waals surface area contributed by atoms with Gasteiger partial charge in [0.15, 0.2) is 6.04 Å². The van der Waals surface area contributed by atoms with Crippen molar-refractivity contribution in [1.29, 1.82) is 0 Å². The van der Waals surface area contributed by atoms with Crippen molar-refractivity contribution in [3.63, 3.8) is 0 Å². The van der Waals surface area contributed by atoms with Gasteiger partial charge in [-0.05, 0) is 12.8 Å². The average molecular weight is 227 g/mol. The number of primary amides is 2. The highest BCUT2D eigenvalue weighted by Gasteiger charge is 2.28. The molecule has 0 atom stereocenters. The Morgan fingerprint density at radius 3 is 1.94 bits per heavy atom. The van der Waals surface area contributed by atoms with Crippen molar-refractivity contribution < 1.29 is 14.4 Å². The Bertz CT molecular complexity index is 284. The lowest BCUT2D eigenvalue weighted by atomic mass is 9.88. The number of rotatable bonds is 4. The van der Waals surface area contributed by atoms with E-state index in [1.807, 2.05) is 0 Å². The molecule has 1 aliphatic carbocycles. The van der Waals surface area contributed by atoms with Gasteiger partial charge in [-0.2, -0.15) is 0 Å². The number of amides is 3. The Labute approximate surface area is 93.7 Å². The SMILES string of the molecule is NC(=O)C(NC(=O)C1CCCCC1)C(N)=O. The van der Waals surface area contributed by atoms with Gasteiger partial charge in [0.25, 0.3) is 0 Å². The maximum atomic E-state index is 11.7. The van der Waals surface area contributed by atoms with Crippen molar-refractivity contribution in [3.8, 4) is 0 Å². The molecule has 3 amide bonds. The number of hydrogen-bond acceptors (Lipinski definition) is 3. The molecule has 6 heteroatoms. The van der Waals surface area contributed by atoms with E-state index in [1.54, 1.807) is 0 Å². The second kappa shape index (κ2) is 5.48. The quantitative estimate of drug-likeness (QED) is 0.536. The predicted molar refractivity (Wildman–Crippen MR) is 56.9 cm³/mol. The lowest BCUT2D eigenvalue weighted by Gasteiger charge is -2.22. The van der Waals surface area contributed by atoms with Crippen LogP contribution < -0.4 is 16.8 Å². The monoisotopic (exact) mass is 227 g/mol. The molecule has 1 rings (SSSR count). The Kier molecular flexibility index (Phi) is 4.28. The summed E-state index contributed by atoms with van der Waals surface area (Å²) >= 11 is 0. The number of nitrogens with two attached hydrogens (primary N) is 2. The Morgan fingerprint density at radius 1 is 1.00 bits per heavy atom. The van der Waals surface area contributed by atoms with Crippen LogP contribution in [0.25, 0.3) is 0 Å². The van der Waals surface area contributed by atoms with Gasteiger partial charge in [-0.1, -0.05) is 19.3 Å². The number of carbonyl (C=O) groups is 3. The Morgan fingerprint density at radius 2 is 1.50 bits per heavy atom. The smallest absolute Gasteiger partial charge is 0.249 e. The minimum absolute atomic E-state index is 0.130. The maximum absolute atomic E-state index is 11.7. The standard InChI is InChI=1S/C10H17N3O3/c11-8(14)7(9(12)15)13-10(16)6-4-2-1-3-5-6/h6-7H,1-5H2,(H2,11,14)(H2,12,15)(H,13,16). The first-order valence-corrected chi connectivity index (χ1v) is 5.41. The van der Waals surface area contributed by atoms with Crippen LogP contribution in [0.4, 0.5) is 0 Å². The highest BCUT2D eigenvalue weighted by atomic mass is 16.2. The fourth-order valence-electron chi connectivity index (χ4n) is 1.91. The van der Waals surface area contributed by atoms with Crippen molar-refractivity contribution in [1.82, 2.24) is 5.32 Å². The van der Waals surface area contributed by atoms with E-state index in [-0.39, 0.29) is 11.8 Å². The zero-order valence-electron chi connectivity index (χ0n) is 9.07. The average Bonchev–Trinajstić information content (AvgIpc) is 2.25. The molecule has 5 N–H and O–H groups in total. The molecule has 1 saturated carbocycles. The summed E-state index contributed by atoms with van der Waals surface area (Å²) in [5, 5.41) is 2.30. The van der Waals surface area contributed by atoms with Gasteiger partial charge in [0.05, 0.1) is 0 Å². The number of hydrogen-bond donors (Lipinski definition) is 3. The van der Waals surface area contributed by atoms with Crippen LogP contribution in [0.2, 0.25) is 0 Å². The van der Waals surface area contributed by atoms with Gasteiger partial charge in [0.1, 0.15) is 0 Å². The van der Waals surface area contributed by atoms with Crippen molar-refractivity contribution in [2.75, 3.05) is 0 Å². The van der Waals surface area contributed by atoms with Crippen molar-refractivity contribution >= 4 is 17.7 Å². The summed E-state index contributed by atoms with van der Waals surface area (Å²) in [6.45, 7) is 0. The summed E-state index contributed by atoms with van der Waals surface area (Å²) in [4.78, 5) is 33.4. The molecule has 0 radical (unpaired) electrons. The first kappa shape index (κ1) is 12.5. The third-order valence-electron chi connectivity index (χ3n) is 2.83. The zero-order valence-corrected chi connectivity index (χ0v) is 9.07. The molecule has 1 fully saturated rings. The van der Waals surface area contributed by atoms with Crippen molar-refractivity contribution in [3.05, 3.63) is 0 Å². The summed E-state index contributed by atoms with van der Waals surface area (Å²) in [6.07, 6.45) is 4.69. The lowest BCUT2D eigenvalue weighted by Crippen LogP contribution is -2.53. The van der Waals surface area contributed by atoms with Crippen LogP contribution in [0, 0.1) is 5.92 Å². The molecule has 16 heavy (non-hydrogen) atoms. The van der Waals surface area contributed by atoms with E-state index in [0.717, 1.165) is 32.1 Å². The fraction of sp³-hybridized carbons (Fsp3) is 0.700. The second-order valence-electron chi connectivity index (χ2n) is 4.08. The van der Waals surface area contributed by atoms with Gasteiger partial charge in [0.2, 0.25) is 17.7 Å². The first-order valence-electron chi connectivity index (χ1n) is 5.41. The lowest BCUT2D eigenvalue weighted by molar-refractivity contribution is -0.135. The molecule has 0 bridgehead atoms. The molecule has 90 valence electrons. The van der Waals surface area contributed by atoms with Crippen LogP contribution in [-0.4, -0.2) is 23.8 Å². The number of nitrogens with one attached hydrogen (secondary N) is 1. The van der Waals surface area contributed by atoms with E-state index in [9.17, 15) is 14.4 Å². The summed E-state index contributed by atoms with van der Waals surface area (Å²) in [5.74, 6) is -2.27. The summed E-state index contributed by atoms with van der Waals surface area (Å²) in [5.41, 5.74) is 9.92. The van der Waals surface area contributed by atoms with Crippen LogP contribution in [0.3, 0.4) is 0 Å². The largest absolute Gasteiger partial charge is 0.367 e. The molecular formula is C10H17N3O3. The molecule has 0 heterocycles. The maximum Gasteiger partial charge on any atom is 0.249 e. The van der Waals surface area contributed by atoms with Crippen LogP contribution in [0.1, 0.15) is 32.1 Å². The molecule has 0 unspecified atom stereocenters. The Hall–Kier alpha value is -1.59. The molecule has 0 aromatic heterocycles. The van der Waals surface area contributed by atoms with Gasteiger partial charge >= 0.3 is 0 Å². The minimum Gasteiger partial charge on any atom is -0.367 e. The normalized spacial score (nSPS) is 17.1. The molecule has 6 nitrogen and oxygen atoms in total. The van der Waals surface area contributed by atoms with Crippen molar-refractivity contribution in [2.45, 2.75) is 38.1 Å². The van der Waals surface area contributed by atoms with Crippen LogP contribution >= 0.6 is 0 Å². The molecule has 1 aliphatic rings. The minimum atomic E-state index is -1.39. The third kappa shape index (κ3) is 3.22. The van der Waals surface area contributed by atoms with Gasteiger partial charge in [-0.15, -0.1) is 0 Å². The van der Waals surface area contributed by atoms with E-state index >= 15 is 0 Å². The molecule has 0 spiro atoms. The third-order valence-corrected chi connectivity index (χ3v) is 2.83. The molecule has 0 aromatic carbocycles. The first-order chi connectivity index (χ1) is 7.52. The van der Waals surface area contributed by atoms with E-state index in [2.05, 4.69) is 5.32 Å². The fourth-order valence-corrected chi connectivity index (χ4v) is 1.91. The van der Waals surface area contributed by atoms with E-state index < -0.39 is 17.9 Å². The molecule has 0 aliphatic heterocycles. The van der Waals surface area contributed by atoms with E-state index in [0.29, 0.717) is 0 Å². The van der Waals surface area contributed by atoms with Crippen LogP contribution in [0.15, 0.2) is 0 Å². The molecule has 0 saturated heterocycles. The highest BCUT2D eigenvalue weighted by Crippen LogP contribution is 2.23. The summed E-state index contributed by atoms with van der Waals surface area (Å²) in [7, 11) is 0. The molecular weight excluding hydrogens is 210 g/mol. The summed E-state index contributed by atoms with van der Waals surface area (Å²) < 4.78 is 0. The van der Waals surface area contributed by atoms with Crippen LogP contribution in [0.5, 0.6) is 0 Å². The van der Waals surface area contributed by atoms with Gasteiger partial charge in [-0.25, -0.2) is 0 Å². The second-order valence-corrected chi connectivity index (χ2v) is 4.08.